The molecule has 0 spiro atoms. The molecule has 1 fully saturated rings. The molecule has 1 saturated carbocycles. The van der Waals surface area contributed by atoms with Crippen molar-refractivity contribution in [1.29, 1.82) is 0 Å². The van der Waals surface area contributed by atoms with Gasteiger partial charge in [-0.25, -0.2) is 9.59 Å². The Hall–Kier alpha value is -1.58. The van der Waals surface area contributed by atoms with Gasteiger partial charge in [0.05, 0.1) is 6.61 Å². The molecule has 0 heterocycles. The molecule has 4 heteroatoms. The van der Waals surface area contributed by atoms with Gasteiger partial charge in [-0.3, -0.25) is 0 Å². The molecule has 0 N–H and O–H groups in total. The van der Waals surface area contributed by atoms with Crippen molar-refractivity contribution in [2.24, 2.45) is 5.92 Å². The van der Waals surface area contributed by atoms with E-state index in [0.717, 1.165) is 25.7 Å². The van der Waals surface area contributed by atoms with Gasteiger partial charge in [-0.05, 0) is 38.7 Å². The molecule has 21 heavy (non-hydrogen) atoms. The summed E-state index contributed by atoms with van der Waals surface area (Å²) in [6.45, 7) is 7.50. The van der Waals surface area contributed by atoms with Gasteiger partial charge in [-0.2, -0.15) is 0 Å². The fraction of sp³-hybridized carbons (Fsp3) is 0.647. The van der Waals surface area contributed by atoms with Crippen molar-refractivity contribution in [3.8, 4) is 0 Å². The summed E-state index contributed by atoms with van der Waals surface area (Å²) in [5.41, 5.74) is 0.532. The Morgan fingerprint density at radius 2 is 1.86 bits per heavy atom. The Morgan fingerprint density at radius 1 is 1.19 bits per heavy atom. The van der Waals surface area contributed by atoms with Gasteiger partial charge in [0.1, 0.15) is 0 Å². The summed E-state index contributed by atoms with van der Waals surface area (Å²) in [5, 5.41) is 0. The van der Waals surface area contributed by atoms with Crippen molar-refractivity contribution in [2.75, 3.05) is 6.61 Å². The predicted molar refractivity (Wildman–Crippen MR) is 81.4 cm³/mol. The molecule has 118 valence electrons. The van der Waals surface area contributed by atoms with E-state index in [-0.39, 0.29) is 5.76 Å². The smallest absolute Gasteiger partial charge is 0.373 e. The fourth-order valence-corrected chi connectivity index (χ4v) is 2.35. The van der Waals surface area contributed by atoms with Crippen molar-refractivity contribution in [2.45, 2.75) is 58.8 Å². The summed E-state index contributed by atoms with van der Waals surface area (Å²) < 4.78 is 9.91. The van der Waals surface area contributed by atoms with Gasteiger partial charge in [0.25, 0.3) is 0 Å². The number of ether oxygens (including phenoxy) is 2. The highest BCUT2D eigenvalue weighted by Crippen LogP contribution is 2.25. The Kier molecular flexibility index (Phi) is 7.80. The van der Waals surface area contributed by atoms with Crippen LogP contribution in [-0.4, -0.2) is 18.5 Å². The van der Waals surface area contributed by atoms with E-state index in [0.29, 0.717) is 18.1 Å². The van der Waals surface area contributed by atoms with Crippen LogP contribution in [0.1, 0.15) is 58.8 Å². The number of hydrogen-bond donors (Lipinski definition) is 0. The van der Waals surface area contributed by atoms with Gasteiger partial charge in [-0.1, -0.05) is 38.7 Å². The van der Waals surface area contributed by atoms with Crippen LogP contribution in [0.4, 0.5) is 0 Å². The topological polar surface area (TPSA) is 52.6 Å². The molecular formula is C17H26O4. The first-order valence-electron chi connectivity index (χ1n) is 7.81. The van der Waals surface area contributed by atoms with E-state index in [2.05, 4.69) is 6.58 Å². The second-order valence-corrected chi connectivity index (χ2v) is 5.55. The maximum absolute atomic E-state index is 11.9. The predicted octanol–water partition coefficient (Wildman–Crippen LogP) is 3.91. The van der Waals surface area contributed by atoms with Crippen LogP contribution in [0.5, 0.6) is 0 Å². The van der Waals surface area contributed by atoms with Gasteiger partial charge < -0.3 is 9.47 Å². The average Bonchev–Trinajstić information content (AvgIpc) is 2.48. The Bertz CT molecular complexity index is 403. The lowest BCUT2D eigenvalue weighted by atomic mass is 9.88. The number of esters is 2. The monoisotopic (exact) mass is 294 g/mol. The van der Waals surface area contributed by atoms with Crippen LogP contribution in [0.15, 0.2) is 24.0 Å². The summed E-state index contributed by atoms with van der Waals surface area (Å²) in [7, 11) is 0. The minimum absolute atomic E-state index is 0.243. The first kappa shape index (κ1) is 17.5. The zero-order valence-electron chi connectivity index (χ0n) is 13.2. The van der Waals surface area contributed by atoms with Gasteiger partial charge in [0.15, 0.2) is 0 Å². The second-order valence-electron chi connectivity index (χ2n) is 5.55. The van der Waals surface area contributed by atoms with Crippen molar-refractivity contribution in [1.82, 2.24) is 0 Å². The molecule has 0 aromatic rings. The van der Waals surface area contributed by atoms with Gasteiger partial charge in [0.2, 0.25) is 5.76 Å². The van der Waals surface area contributed by atoms with E-state index in [1.807, 2.05) is 13.0 Å². The van der Waals surface area contributed by atoms with E-state index >= 15 is 0 Å². The summed E-state index contributed by atoms with van der Waals surface area (Å²) in [5.74, 6) is -0.983. The lowest BCUT2D eigenvalue weighted by Gasteiger charge is -2.18. The normalized spacial score (nSPS) is 16.4. The molecule has 0 aromatic carbocycles. The largest absolute Gasteiger partial charge is 0.460 e. The van der Waals surface area contributed by atoms with Crippen LogP contribution >= 0.6 is 0 Å². The van der Waals surface area contributed by atoms with E-state index in [1.165, 1.54) is 19.3 Å². The number of allylic oxidation sites excluding steroid dienone is 1. The highest BCUT2D eigenvalue weighted by atomic mass is 16.6. The van der Waals surface area contributed by atoms with Crippen LogP contribution in [0.25, 0.3) is 0 Å². The van der Waals surface area contributed by atoms with E-state index < -0.39 is 11.9 Å². The van der Waals surface area contributed by atoms with E-state index in [4.69, 9.17) is 9.47 Å². The van der Waals surface area contributed by atoms with Crippen LogP contribution in [0.2, 0.25) is 0 Å². The molecule has 0 saturated heterocycles. The molecule has 1 rings (SSSR count). The molecule has 0 aromatic heterocycles. The fourth-order valence-electron chi connectivity index (χ4n) is 2.35. The molecule has 4 nitrogen and oxygen atoms in total. The van der Waals surface area contributed by atoms with E-state index in [9.17, 15) is 9.59 Å². The van der Waals surface area contributed by atoms with Crippen LogP contribution in [-0.2, 0) is 19.1 Å². The molecule has 0 aliphatic heterocycles. The molecular weight excluding hydrogens is 268 g/mol. The molecule has 1 aliphatic carbocycles. The quantitative estimate of drug-likeness (QED) is 0.309. The summed E-state index contributed by atoms with van der Waals surface area (Å²) >= 11 is 0. The number of hydrogen-bond acceptors (Lipinski definition) is 4. The lowest BCUT2D eigenvalue weighted by molar-refractivity contribution is -0.149. The molecule has 0 atom stereocenters. The minimum Gasteiger partial charge on any atom is -0.460 e. The first-order valence-corrected chi connectivity index (χ1v) is 7.81. The first-order chi connectivity index (χ1) is 10.0. The summed E-state index contributed by atoms with van der Waals surface area (Å²) in [4.78, 5) is 23.4. The molecule has 0 amide bonds. The van der Waals surface area contributed by atoms with Gasteiger partial charge >= 0.3 is 11.9 Å². The summed E-state index contributed by atoms with van der Waals surface area (Å²) in [6, 6.07) is 0. The third kappa shape index (κ3) is 6.61. The van der Waals surface area contributed by atoms with Crippen molar-refractivity contribution >= 4 is 11.9 Å². The van der Waals surface area contributed by atoms with Gasteiger partial charge in [0, 0.05) is 5.57 Å². The number of carbonyl (C=O) groups is 2. The van der Waals surface area contributed by atoms with Gasteiger partial charge in [-0.15, -0.1) is 0 Å². The number of unbranched alkanes of at least 4 members (excludes halogenated alkanes) is 1. The maximum atomic E-state index is 11.9. The number of rotatable bonds is 7. The SMILES string of the molecule is C=C(OC(=O)/C(C)=C/C1CCCCC1)C(=O)OCCCC. The number of carbonyl (C=O) groups excluding carboxylic acids is 2. The third-order valence-electron chi connectivity index (χ3n) is 3.63. The van der Waals surface area contributed by atoms with Crippen molar-refractivity contribution < 1.29 is 19.1 Å². The van der Waals surface area contributed by atoms with Crippen LogP contribution in [0, 0.1) is 5.92 Å². The highest BCUT2D eigenvalue weighted by Gasteiger charge is 2.18. The Balaban J connectivity index is 2.41. The zero-order chi connectivity index (χ0) is 15.7. The molecule has 0 unspecified atom stereocenters. The molecule has 0 bridgehead atoms. The average molecular weight is 294 g/mol. The second kappa shape index (κ2) is 9.37. The van der Waals surface area contributed by atoms with E-state index in [1.54, 1.807) is 6.92 Å². The Labute approximate surface area is 127 Å². The molecule has 1 aliphatic rings. The lowest BCUT2D eigenvalue weighted by Crippen LogP contribution is -2.15. The highest BCUT2D eigenvalue weighted by molar-refractivity contribution is 5.94. The van der Waals surface area contributed by atoms with Crippen molar-refractivity contribution in [3.05, 3.63) is 24.0 Å². The standard InChI is InChI=1S/C17H26O4/c1-4-5-11-20-17(19)14(3)21-16(18)13(2)12-15-9-7-6-8-10-15/h12,15H,3-11H2,1-2H3/b13-12+. The molecule has 0 radical (unpaired) electrons. The third-order valence-corrected chi connectivity index (χ3v) is 3.63. The summed E-state index contributed by atoms with van der Waals surface area (Å²) in [6.07, 6.45) is 9.59. The van der Waals surface area contributed by atoms with Crippen molar-refractivity contribution in [3.63, 3.8) is 0 Å². The maximum Gasteiger partial charge on any atom is 0.373 e. The van der Waals surface area contributed by atoms with Crippen LogP contribution in [0.3, 0.4) is 0 Å². The minimum atomic E-state index is -0.665. The van der Waals surface area contributed by atoms with Crippen LogP contribution < -0.4 is 0 Å². The Morgan fingerprint density at radius 3 is 2.48 bits per heavy atom. The zero-order valence-corrected chi connectivity index (χ0v) is 13.2.